The molecule has 6 heteroatoms. The summed E-state index contributed by atoms with van der Waals surface area (Å²) >= 11 is 1.60. The average Bonchev–Trinajstić information content (AvgIpc) is 3.04. The van der Waals surface area contributed by atoms with Gasteiger partial charge in [-0.2, -0.15) is 11.3 Å². The summed E-state index contributed by atoms with van der Waals surface area (Å²) in [5.41, 5.74) is 1.98. The topological polar surface area (TPSA) is 60.5 Å². The van der Waals surface area contributed by atoms with Gasteiger partial charge in [0.25, 0.3) is 0 Å². The Bertz CT molecular complexity index is 628. The Morgan fingerprint density at radius 1 is 1.48 bits per heavy atom. The largest absolute Gasteiger partial charge is 0.484 e. The van der Waals surface area contributed by atoms with Gasteiger partial charge in [-0.15, -0.1) is 0 Å². The molecule has 1 aliphatic heterocycles. The minimum Gasteiger partial charge on any atom is -0.484 e. The zero-order valence-corrected chi connectivity index (χ0v) is 13.8. The minimum atomic E-state index is -0.195. The first-order valence-corrected chi connectivity index (χ1v) is 8.62. The van der Waals surface area contributed by atoms with E-state index in [1.807, 2.05) is 35.9 Å². The number of carbonyl (C=O) groups is 1. The fourth-order valence-electron chi connectivity index (χ4n) is 2.53. The molecule has 1 fully saturated rings. The van der Waals surface area contributed by atoms with Crippen molar-refractivity contribution in [1.29, 1.82) is 0 Å². The van der Waals surface area contributed by atoms with Gasteiger partial charge in [0.15, 0.2) is 0 Å². The van der Waals surface area contributed by atoms with E-state index < -0.39 is 0 Å². The molecular formula is C17H20N2O3S. The molecule has 5 nitrogen and oxygen atoms in total. The molecule has 0 unspecified atom stereocenters. The van der Waals surface area contributed by atoms with Crippen LogP contribution in [0.25, 0.3) is 0 Å². The van der Waals surface area contributed by atoms with Crippen molar-refractivity contribution < 1.29 is 14.3 Å². The molecule has 3 heterocycles. The number of rotatable bonds is 5. The van der Waals surface area contributed by atoms with Gasteiger partial charge in [0, 0.05) is 12.3 Å². The molecule has 3 rings (SSSR count). The molecule has 1 aliphatic rings. The van der Waals surface area contributed by atoms with Gasteiger partial charge in [0.2, 0.25) is 5.91 Å². The fraction of sp³-hybridized carbons (Fsp3) is 0.412. The molecule has 0 aromatic carbocycles. The van der Waals surface area contributed by atoms with Gasteiger partial charge in [0.1, 0.15) is 11.9 Å². The summed E-state index contributed by atoms with van der Waals surface area (Å²) in [5.74, 6) is 0.717. The van der Waals surface area contributed by atoms with Crippen LogP contribution in [0, 0.1) is 6.92 Å². The van der Waals surface area contributed by atoms with Crippen LogP contribution in [-0.4, -0.2) is 36.3 Å². The van der Waals surface area contributed by atoms with Crippen LogP contribution in [0.2, 0.25) is 0 Å². The van der Waals surface area contributed by atoms with Crippen LogP contribution in [0.1, 0.15) is 17.7 Å². The third-order valence-electron chi connectivity index (χ3n) is 3.77. The van der Waals surface area contributed by atoms with E-state index in [4.69, 9.17) is 9.47 Å². The zero-order valence-electron chi connectivity index (χ0n) is 13.0. The van der Waals surface area contributed by atoms with Crippen molar-refractivity contribution in [2.75, 3.05) is 13.2 Å². The second kappa shape index (κ2) is 7.57. The summed E-state index contributed by atoms with van der Waals surface area (Å²) in [6.45, 7) is 3.04. The van der Waals surface area contributed by atoms with E-state index in [-0.39, 0.29) is 18.1 Å². The Morgan fingerprint density at radius 3 is 3.13 bits per heavy atom. The summed E-state index contributed by atoms with van der Waals surface area (Å²) < 4.78 is 11.5. The molecule has 0 radical (unpaired) electrons. The summed E-state index contributed by atoms with van der Waals surface area (Å²) in [7, 11) is 0. The Balaban J connectivity index is 1.59. The number of amides is 1. The Labute approximate surface area is 139 Å². The van der Waals surface area contributed by atoms with Gasteiger partial charge >= 0.3 is 0 Å². The molecule has 0 bridgehead atoms. The van der Waals surface area contributed by atoms with Crippen molar-refractivity contribution >= 4 is 17.2 Å². The van der Waals surface area contributed by atoms with Crippen molar-refractivity contribution in [3.63, 3.8) is 0 Å². The van der Waals surface area contributed by atoms with E-state index in [1.165, 1.54) is 0 Å². The van der Waals surface area contributed by atoms with E-state index in [0.717, 1.165) is 17.7 Å². The molecule has 1 N–H and O–H groups in total. The lowest BCUT2D eigenvalue weighted by Gasteiger charge is -2.32. The molecule has 0 saturated carbocycles. The maximum atomic E-state index is 12.2. The molecule has 0 spiro atoms. The van der Waals surface area contributed by atoms with Crippen LogP contribution >= 0.6 is 11.3 Å². The van der Waals surface area contributed by atoms with E-state index >= 15 is 0 Å². The molecule has 2 aromatic heterocycles. The highest BCUT2D eigenvalue weighted by Gasteiger charge is 2.29. The maximum Gasteiger partial charge on any atom is 0.224 e. The zero-order chi connectivity index (χ0) is 16.1. The van der Waals surface area contributed by atoms with E-state index in [0.29, 0.717) is 25.4 Å². The summed E-state index contributed by atoms with van der Waals surface area (Å²) in [5, 5.41) is 7.05. The van der Waals surface area contributed by atoms with Crippen molar-refractivity contribution in [2.45, 2.75) is 31.9 Å². The molecule has 0 aliphatic carbocycles. The van der Waals surface area contributed by atoms with Crippen LogP contribution in [0.3, 0.4) is 0 Å². The third kappa shape index (κ3) is 4.53. The Morgan fingerprint density at radius 2 is 2.39 bits per heavy atom. The standard InChI is InChI=1S/C17H20N2O3S/c1-12-2-3-14(9-18-12)22-16-10-21-6-4-15(16)19-17(20)8-13-5-7-23-11-13/h2-3,5,7,9,11,15-16H,4,6,8,10H2,1H3,(H,19,20)/t15-,16+/m1/s1. The van der Waals surface area contributed by atoms with E-state index in [2.05, 4.69) is 10.3 Å². The number of hydrogen-bond acceptors (Lipinski definition) is 5. The molecule has 23 heavy (non-hydrogen) atoms. The van der Waals surface area contributed by atoms with Gasteiger partial charge in [-0.1, -0.05) is 0 Å². The van der Waals surface area contributed by atoms with Gasteiger partial charge in [0.05, 0.1) is 25.3 Å². The highest BCUT2D eigenvalue weighted by molar-refractivity contribution is 7.07. The van der Waals surface area contributed by atoms with Gasteiger partial charge in [-0.3, -0.25) is 9.78 Å². The van der Waals surface area contributed by atoms with Crippen LogP contribution in [0.4, 0.5) is 0 Å². The van der Waals surface area contributed by atoms with Crippen LogP contribution in [0.5, 0.6) is 5.75 Å². The van der Waals surface area contributed by atoms with Crippen molar-refractivity contribution in [2.24, 2.45) is 0 Å². The fourth-order valence-corrected chi connectivity index (χ4v) is 3.20. The molecule has 1 saturated heterocycles. The van der Waals surface area contributed by atoms with Crippen molar-refractivity contribution in [3.05, 3.63) is 46.4 Å². The van der Waals surface area contributed by atoms with Gasteiger partial charge in [-0.25, -0.2) is 0 Å². The Hall–Kier alpha value is -1.92. The predicted molar refractivity (Wildman–Crippen MR) is 88.8 cm³/mol. The number of hydrogen-bond donors (Lipinski definition) is 1. The van der Waals surface area contributed by atoms with Crippen LogP contribution in [0.15, 0.2) is 35.2 Å². The van der Waals surface area contributed by atoms with Crippen molar-refractivity contribution in [1.82, 2.24) is 10.3 Å². The molecule has 2 aromatic rings. The number of carbonyl (C=O) groups excluding carboxylic acids is 1. The van der Waals surface area contributed by atoms with Gasteiger partial charge < -0.3 is 14.8 Å². The maximum absolute atomic E-state index is 12.2. The van der Waals surface area contributed by atoms with Crippen LogP contribution in [-0.2, 0) is 16.0 Å². The first kappa shape index (κ1) is 16.0. The number of nitrogens with one attached hydrogen (secondary N) is 1. The lowest BCUT2D eigenvalue weighted by atomic mass is 10.1. The normalized spacial score (nSPS) is 20.9. The second-order valence-electron chi connectivity index (χ2n) is 5.64. The number of aromatic nitrogens is 1. The highest BCUT2D eigenvalue weighted by atomic mass is 32.1. The molecule has 1 amide bonds. The highest BCUT2D eigenvalue weighted by Crippen LogP contribution is 2.17. The summed E-state index contributed by atoms with van der Waals surface area (Å²) in [6, 6.07) is 5.72. The quantitative estimate of drug-likeness (QED) is 0.913. The number of thiophene rings is 1. The number of ether oxygens (including phenoxy) is 2. The first-order chi connectivity index (χ1) is 11.2. The first-order valence-electron chi connectivity index (χ1n) is 7.68. The number of pyridine rings is 1. The van der Waals surface area contributed by atoms with E-state index in [1.54, 1.807) is 17.5 Å². The predicted octanol–water partition coefficient (Wildman–Crippen LogP) is 2.35. The smallest absolute Gasteiger partial charge is 0.224 e. The SMILES string of the molecule is Cc1ccc(O[C@H]2COCC[C@H]2NC(=O)Cc2ccsc2)cn1. The summed E-state index contributed by atoms with van der Waals surface area (Å²) in [6.07, 6.45) is 2.66. The number of aryl methyl sites for hydroxylation is 1. The lowest BCUT2D eigenvalue weighted by molar-refractivity contribution is -0.123. The van der Waals surface area contributed by atoms with Crippen LogP contribution < -0.4 is 10.1 Å². The summed E-state index contributed by atoms with van der Waals surface area (Å²) in [4.78, 5) is 16.4. The molecule has 2 atom stereocenters. The van der Waals surface area contributed by atoms with Gasteiger partial charge in [-0.05, 0) is 47.9 Å². The molecule has 122 valence electrons. The van der Waals surface area contributed by atoms with Crippen molar-refractivity contribution in [3.8, 4) is 5.75 Å². The minimum absolute atomic E-state index is 0.0194. The van der Waals surface area contributed by atoms with E-state index in [9.17, 15) is 4.79 Å². The monoisotopic (exact) mass is 332 g/mol. The average molecular weight is 332 g/mol. The third-order valence-corrected chi connectivity index (χ3v) is 4.50. The molecular weight excluding hydrogens is 312 g/mol. The second-order valence-corrected chi connectivity index (χ2v) is 6.42. The lowest BCUT2D eigenvalue weighted by Crippen LogP contribution is -2.51. The number of nitrogens with zero attached hydrogens (tertiary/aromatic N) is 1. The Kier molecular flexibility index (Phi) is 5.25.